The predicted molar refractivity (Wildman–Crippen MR) is 102 cm³/mol. The first kappa shape index (κ1) is 18.8. The molecule has 9 heteroatoms. The Bertz CT molecular complexity index is 912. The minimum Gasteiger partial charge on any atom is -0.461 e. The van der Waals surface area contributed by atoms with Crippen molar-refractivity contribution in [2.45, 2.75) is 18.1 Å². The molecule has 2 heterocycles. The highest BCUT2D eigenvalue weighted by atomic mass is 35.5. The van der Waals surface area contributed by atoms with Gasteiger partial charge < -0.3 is 14.3 Å². The molecule has 0 spiro atoms. The molecular formula is C17H16Cl2N4O2S. The van der Waals surface area contributed by atoms with Crippen molar-refractivity contribution in [2.24, 2.45) is 7.05 Å². The van der Waals surface area contributed by atoms with Gasteiger partial charge in [0, 0.05) is 17.1 Å². The molecule has 6 nitrogen and oxygen atoms in total. The van der Waals surface area contributed by atoms with Gasteiger partial charge in [-0.15, -0.1) is 10.2 Å². The maximum absolute atomic E-state index is 12.2. The number of carbonyl (C=O) groups excluding carboxylic acids is 1. The van der Waals surface area contributed by atoms with Crippen LogP contribution in [-0.2, 0) is 11.8 Å². The maximum Gasteiger partial charge on any atom is 0.230 e. The van der Waals surface area contributed by atoms with Crippen LogP contribution in [0.4, 0.5) is 0 Å². The highest BCUT2D eigenvalue weighted by Crippen LogP contribution is 2.27. The number of hydrogen-bond donors (Lipinski definition) is 1. The Morgan fingerprint density at radius 1 is 1.35 bits per heavy atom. The monoisotopic (exact) mass is 410 g/mol. The fourth-order valence-corrected chi connectivity index (χ4v) is 3.70. The second kappa shape index (κ2) is 8.16. The quantitative estimate of drug-likeness (QED) is 0.611. The van der Waals surface area contributed by atoms with Gasteiger partial charge in [-0.2, -0.15) is 0 Å². The summed E-state index contributed by atoms with van der Waals surface area (Å²) in [5, 5.41) is 12.8. The molecule has 0 aliphatic carbocycles. The lowest BCUT2D eigenvalue weighted by molar-refractivity contribution is -0.119. The van der Waals surface area contributed by atoms with E-state index < -0.39 is 0 Å². The van der Waals surface area contributed by atoms with E-state index in [0.717, 1.165) is 5.56 Å². The second-order valence-electron chi connectivity index (χ2n) is 5.59. The van der Waals surface area contributed by atoms with Crippen LogP contribution in [0.5, 0.6) is 0 Å². The molecule has 3 aromatic rings. The van der Waals surface area contributed by atoms with Gasteiger partial charge in [-0.05, 0) is 36.8 Å². The van der Waals surface area contributed by atoms with Gasteiger partial charge in [-0.3, -0.25) is 4.79 Å². The van der Waals surface area contributed by atoms with Crippen molar-refractivity contribution >= 4 is 40.9 Å². The Hall–Kier alpha value is -1.96. The zero-order valence-electron chi connectivity index (χ0n) is 14.1. The number of carbonyl (C=O) groups is 1. The standard InChI is InChI=1S/C17H16Cl2N4O2S/c1-10(12-6-5-11(18)8-13(12)19)20-15(24)9-26-17-22-21-16(23(17)2)14-4-3-7-25-14/h3-8,10H,9H2,1-2H3,(H,20,24). The first-order valence-corrected chi connectivity index (χ1v) is 9.50. The summed E-state index contributed by atoms with van der Waals surface area (Å²) >= 11 is 13.4. The Morgan fingerprint density at radius 2 is 2.15 bits per heavy atom. The van der Waals surface area contributed by atoms with E-state index in [1.807, 2.05) is 20.0 Å². The van der Waals surface area contributed by atoms with Crippen molar-refractivity contribution in [1.82, 2.24) is 20.1 Å². The van der Waals surface area contributed by atoms with Gasteiger partial charge in [0.2, 0.25) is 5.91 Å². The first-order chi connectivity index (χ1) is 12.5. The van der Waals surface area contributed by atoms with E-state index in [4.69, 9.17) is 27.6 Å². The highest BCUT2D eigenvalue weighted by molar-refractivity contribution is 7.99. The molecule has 0 bridgehead atoms. The van der Waals surface area contributed by atoms with Gasteiger partial charge >= 0.3 is 0 Å². The van der Waals surface area contributed by atoms with Gasteiger partial charge in [0.05, 0.1) is 18.1 Å². The SMILES string of the molecule is CC(NC(=O)CSc1nnc(-c2ccco2)n1C)c1ccc(Cl)cc1Cl. The largest absolute Gasteiger partial charge is 0.461 e. The summed E-state index contributed by atoms with van der Waals surface area (Å²) in [4.78, 5) is 12.2. The lowest BCUT2D eigenvalue weighted by atomic mass is 10.1. The van der Waals surface area contributed by atoms with E-state index in [-0.39, 0.29) is 17.7 Å². The summed E-state index contributed by atoms with van der Waals surface area (Å²) in [6.07, 6.45) is 1.58. The fraction of sp³-hybridized carbons (Fsp3) is 0.235. The first-order valence-electron chi connectivity index (χ1n) is 7.76. The predicted octanol–water partition coefficient (Wildman–Crippen LogP) is 4.35. The van der Waals surface area contributed by atoms with E-state index >= 15 is 0 Å². The topological polar surface area (TPSA) is 73.0 Å². The van der Waals surface area contributed by atoms with Crippen molar-refractivity contribution in [3.8, 4) is 11.6 Å². The van der Waals surface area contributed by atoms with Crippen LogP contribution < -0.4 is 5.32 Å². The molecule has 1 unspecified atom stereocenters. The molecule has 1 amide bonds. The molecule has 1 aromatic carbocycles. The smallest absolute Gasteiger partial charge is 0.230 e. The Labute approximate surface area is 164 Å². The molecule has 0 fully saturated rings. The van der Waals surface area contributed by atoms with Crippen molar-refractivity contribution in [3.63, 3.8) is 0 Å². The lowest BCUT2D eigenvalue weighted by Crippen LogP contribution is -2.28. The number of rotatable bonds is 6. The number of nitrogens with zero attached hydrogens (tertiary/aromatic N) is 3. The van der Waals surface area contributed by atoms with Crippen LogP contribution in [0.3, 0.4) is 0 Å². The van der Waals surface area contributed by atoms with Crippen LogP contribution in [0.2, 0.25) is 10.0 Å². The molecule has 136 valence electrons. The minimum atomic E-state index is -0.231. The van der Waals surface area contributed by atoms with Crippen molar-refractivity contribution < 1.29 is 9.21 Å². The summed E-state index contributed by atoms with van der Waals surface area (Å²) in [7, 11) is 1.83. The number of aromatic nitrogens is 3. The summed E-state index contributed by atoms with van der Waals surface area (Å²) < 4.78 is 7.11. The molecule has 1 atom stereocenters. The summed E-state index contributed by atoms with van der Waals surface area (Å²) in [5.74, 6) is 1.32. The van der Waals surface area contributed by atoms with Crippen LogP contribution in [0.25, 0.3) is 11.6 Å². The number of thioether (sulfide) groups is 1. The van der Waals surface area contributed by atoms with Crippen LogP contribution in [-0.4, -0.2) is 26.4 Å². The summed E-state index contributed by atoms with van der Waals surface area (Å²) in [5.41, 5.74) is 0.813. The van der Waals surface area contributed by atoms with Crippen molar-refractivity contribution in [1.29, 1.82) is 0 Å². The van der Waals surface area contributed by atoms with Crippen LogP contribution in [0.15, 0.2) is 46.2 Å². The van der Waals surface area contributed by atoms with Gasteiger partial charge in [0.1, 0.15) is 0 Å². The van der Waals surface area contributed by atoms with Crippen LogP contribution >= 0.6 is 35.0 Å². The van der Waals surface area contributed by atoms with E-state index in [1.54, 1.807) is 35.1 Å². The number of benzene rings is 1. The molecule has 26 heavy (non-hydrogen) atoms. The van der Waals surface area contributed by atoms with Gasteiger partial charge in [-0.1, -0.05) is 41.0 Å². The number of halogens is 2. The molecule has 0 saturated carbocycles. The Morgan fingerprint density at radius 3 is 2.85 bits per heavy atom. The van der Waals surface area contributed by atoms with Crippen molar-refractivity contribution in [3.05, 3.63) is 52.2 Å². The number of amides is 1. The van der Waals surface area contributed by atoms with Crippen molar-refractivity contribution in [2.75, 3.05) is 5.75 Å². The third-order valence-corrected chi connectivity index (χ3v) is 5.30. The van der Waals surface area contributed by atoms with E-state index in [9.17, 15) is 4.79 Å². The molecule has 0 radical (unpaired) electrons. The Balaban J connectivity index is 1.59. The fourth-order valence-electron chi connectivity index (χ4n) is 2.40. The molecule has 0 aliphatic heterocycles. The Kier molecular flexibility index (Phi) is 5.90. The van der Waals surface area contributed by atoms with E-state index in [0.29, 0.717) is 26.8 Å². The van der Waals surface area contributed by atoms with Gasteiger partial charge in [0.15, 0.2) is 16.7 Å². The van der Waals surface area contributed by atoms with Gasteiger partial charge in [0.25, 0.3) is 0 Å². The van der Waals surface area contributed by atoms with Crippen LogP contribution in [0, 0.1) is 0 Å². The van der Waals surface area contributed by atoms with E-state index in [1.165, 1.54) is 11.8 Å². The van der Waals surface area contributed by atoms with Crippen LogP contribution in [0.1, 0.15) is 18.5 Å². The zero-order chi connectivity index (χ0) is 18.7. The highest BCUT2D eigenvalue weighted by Gasteiger charge is 2.16. The summed E-state index contributed by atoms with van der Waals surface area (Å²) in [6, 6.07) is 8.57. The normalized spacial score (nSPS) is 12.2. The molecule has 3 rings (SSSR count). The van der Waals surface area contributed by atoms with Gasteiger partial charge in [-0.25, -0.2) is 0 Å². The third kappa shape index (κ3) is 4.23. The molecule has 0 aliphatic rings. The minimum absolute atomic E-state index is 0.129. The molecule has 0 saturated heterocycles. The van der Waals surface area contributed by atoms with E-state index in [2.05, 4.69) is 15.5 Å². The number of nitrogens with one attached hydrogen (secondary N) is 1. The maximum atomic E-state index is 12.2. The second-order valence-corrected chi connectivity index (χ2v) is 7.37. The number of hydrogen-bond acceptors (Lipinski definition) is 5. The summed E-state index contributed by atoms with van der Waals surface area (Å²) in [6.45, 7) is 1.87. The molecule has 2 aromatic heterocycles. The molecule has 1 N–H and O–H groups in total. The molecular weight excluding hydrogens is 395 g/mol. The number of furan rings is 1. The average Bonchev–Trinajstić information content (AvgIpc) is 3.22. The third-order valence-electron chi connectivity index (χ3n) is 3.72. The average molecular weight is 411 g/mol. The zero-order valence-corrected chi connectivity index (χ0v) is 16.4. The lowest BCUT2D eigenvalue weighted by Gasteiger charge is -2.15.